The Morgan fingerprint density at radius 2 is 1.63 bits per heavy atom. The van der Waals surface area contributed by atoms with Gasteiger partial charge in [-0.3, -0.25) is 4.79 Å². The van der Waals surface area contributed by atoms with Gasteiger partial charge in [0, 0.05) is 10.8 Å². The van der Waals surface area contributed by atoms with Crippen LogP contribution in [0.25, 0.3) is 21.1 Å². The van der Waals surface area contributed by atoms with Gasteiger partial charge >= 0.3 is 10.8 Å². The Kier molecular flexibility index (Phi) is 5.41. The van der Waals surface area contributed by atoms with E-state index in [0.29, 0.717) is 21.1 Å². The molecule has 0 aliphatic heterocycles. The van der Waals surface area contributed by atoms with Gasteiger partial charge in [0.2, 0.25) is 0 Å². The first-order valence-electron chi connectivity index (χ1n) is 10.8. The van der Waals surface area contributed by atoms with Crippen LogP contribution >= 0.6 is 11.3 Å². The Hall–Kier alpha value is -3.69. The van der Waals surface area contributed by atoms with E-state index >= 15 is 0 Å². The monoisotopic (exact) mass is 507 g/mol. The zero-order valence-corrected chi connectivity index (χ0v) is 20.8. The average molecular weight is 508 g/mol. The molecule has 9 heteroatoms. The molecule has 0 aliphatic carbocycles. The second-order valence-corrected chi connectivity index (χ2v) is 11.8. The van der Waals surface area contributed by atoms with Crippen molar-refractivity contribution >= 4 is 54.0 Å². The van der Waals surface area contributed by atoms with Gasteiger partial charge < -0.3 is 8.83 Å². The fraction of sp³-hybridized carbons (Fsp3) is 0.154. The number of sulfonamides is 1. The molecule has 5 aromatic rings. The molecule has 0 fully saturated rings. The Bertz CT molecular complexity index is 1720. The van der Waals surface area contributed by atoms with Gasteiger partial charge in [-0.2, -0.15) is 4.31 Å². The highest BCUT2D eigenvalue weighted by atomic mass is 32.2. The minimum atomic E-state index is -4.38. The van der Waals surface area contributed by atoms with Crippen LogP contribution < -0.4 is 9.24 Å². The summed E-state index contributed by atoms with van der Waals surface area (Å²) in [4.78, 5) is 25.0. The third-order valence-corrected chi connectivity index (χ3v) is 8.20. The number of benzene rings is 3. The first-order chi connectivity index (χ1) is 16.6. The van der Waals surface area contributed by atoms with Gasteiger partial charge in [-0.05, 0) is 41.3 Å². The lowest BCUT2D eigenvalue weighted by Crippen LogP contribution is -2.37. The van der Waals surface area contributed by atoms with Crippen molar-refractivity contribution in [2.24, 2.45) is 0 Å². The first kappa shape index (κ1) is 23.1. The summed E-state index contributed by atoms with van der Waals surface area (Å²) in [5.41, 5.74) is 1.23. The third kappa shape index (κ3) is 3.96. The van der Waals surface area contributed by atoms with Gasteiger partial charge in [0.05, 0.1) is 21.5 Å². The summed E-state index contributed by atoms with van der Waals surface area (Å²) >= 11 is 0.840. The predicted octanol–water partition coefficient (Wildman–Crippen LogP) is 5.93. The SMILES string of the molecule is CC(C)(C)c1ccc(S(=O)(=O)N(C(=O)c2ccco2)c2cc3sc(=O)oc3c3ccccc23)cc1. The molecule has 0 saturated heterocycles. The molecule has 7 nitrogen and oxygen atoms in total. The number of anilines is 1. The number of rotatable bonds is 4. The van der Waals surface area contributed by atoms with Gasteiger partial charge in [-0.1, -0.05) is 68.5 Å². The maximum Gasteiger partial charge on any atom is 0.396 e. The van der Waals surface area contributed by atoms with Crippen LogP contribution in [0.1, 0.15) is 36.9 Å². The summed E-state index contributed by atoms with van der Waals surface area (Å²) < 4.78 is 39.8. The summed E-state index contributed by atoms with van der Waals surface area (Å²) in [7, 11) is -4.38. The molecule has 178 valence electrons. The fourth-order valence-electron chi connectivity index (χ4n) is 3.93. The standard InChI is InChI=1S/C26H21NO6S2/c1-26(2,3)16-10-12-17(13-11-16)35(30,31)27(24(28)21-9-6-14-32-21)20-15-22-23(33-25(29)34-22)19-8-5-4-7-18(19)20/h4-15H,1-3H3. The van der Waals surface area contributed by atoms with Crippen molar-refractivity contribution in [1.29, 1.82) is 0 Å². The lowest BCUT2D eigenvalue weighted by molar-refractivity contribution is 0.0979. The van der Waals surface area contributed by atoms with Crippen molar-refractivity contribution < 1.29 is 22.0 Å². The molecular weight excluding hydrogens is 486 g/mol. The lowest BCUT2D eigenvalue weighted by Gasteiger charge is -2.24. The molecule has 3 aromatic carbocycles. The molecule has 35 heavy (non-hydrogen) atoms. The van der Waals surface area contributed by atoms with E-state index in [2.05, 4.69) is 0 Å². The Morgan fingerprint density at radius 1 is 0.943 bits per heavy atom. The number of fused-ring (bicyclic) bond motifs is 3. The molecule has 0 aliphatic rings. The third-order valence-electron chi connectivity index (χ3n) is 5.71. The van der Waals surface area contributed by atoms with E-state index in [9.17, 15) is 18.0 Å². The van der Waals surface area contributed by atoms with Crippen molar-refractivity contribution in [2.75, 3.05) is 4.31 Å². The van der Waals surface area contributed by atoms with E-state index in [-0.39, 0.29) is 21.8 Å². The van der Waals surface area contributed by atoms with Crippen molar-refractivity contribution in [3.05, 3.63) is 94.1 Å². The maximum absolute atomic E-state index is 14.0. The van der Waals surface area contributed by atoms with E-state index in [1.807, 2.05) is 20.8 Å². The van der Waals surface area contributed by atoms with E-state index < -0.39 is 20.9 Å². The molecule has 0 bridgehead atoms. The summed E-state index contributed by atoms with van der Waals surface area (Å²) in [6, 6.07) is 17.8. The predicted molar refractivity (Wildman–Crippen MR) is 136 cm³/mol. The van der Waals surface area contributed by atoms with Gasteiger partial charge in [0.15, 0.2) is 11.3 Å². The van der Waals surface area contributed by atoms with E-state index in [0.717, 1.165) is 21.2 Å². The van der Waals surface area contributed by atoms with Crippen molar-refractivity contribution in [3.63, 3.8) is 0 Å². The van der Waals surface area contributed by atoms with Crippen LogP contribution in [-0.2, 0) is 15.4 Å². The van der Waals surface area contributed by atoms with Crippen molar-refractivity contribution in [1.82, 2.24) is 0 Å². The minimum Gasteiger partial charge on any atom is -0.459 e. The van der Waals surface area contributed by atoms with Crippen molar-refractivity contribution in [2.45, 2.75) is 31.1 Å². The number of carbonyl (C=O) groups is 1. The topological polar surface area (TPSA) is 97.8 Å². The zero-order valence-electron chi connectivity index (χ0n) is 19.1. The molecule has 1 amide bonds. The van der Waals surface area contributed by atoms with Crippen LogP contribution in [0.3, 0.4) is 0 Å². The van der Waals surface area contributed by atoms with Crippen LogP contribution in [0.5, 0.6) is 0 Å². The second kappa shape index (κ2) is 8.21. The summed E-state index contributed by atoms with van der Waals surface area (Å²) in [5, 5.41) is 0.963. The molecule has 0 N–H and O–H groups in total. The molecule has 0 unspecified atom stereocenters. The number of hydrogen-bond acceptors (Lipinski definition) is 7. The van der Waals surface area contributed by atoms with Crippen LogP contribution in [0.2, 0.25) is 0 Å². The summed E-state index contributed by atoms with van der Waals surface area (Å²) in [6.45, 7) is 6.09. The quantitative estimate of drug-likeness (QED) is 0.299. The van der Waals surface area contributed by atoms with E-state index in [4.69, 9.17) is 8.83 Å². The normalized spacial score (nSPS) is 12.3. The molecule has 5 rings (SSSR count). The Balaban J connectivity index is 1.79. The van der Waals surface area contributed by atoms with Gasteiger partial charge in [0.25, 0.3) is 10.0 Å². The molecule has 0 radical (unpaired) electrons. The largest absolute Gasteiger partial charge is 0.459 e. The number of amides is 1. The minimum absolute atomic E-state index is 0.0463. The highest BCUT2D eigenvalue weighted by Gasteiger charge is 2.35. The average Bonchev–Trinajstić information content (AvgIpc) is 3.48. The maximum atomic E-state index is 14.0. The lowest BCUT2D eigenvalue weighted by atomic mass is 9.87. The molecule has 0 atom stereocenters. The van der Waals surface area contributed by atoms with Crippen LogP contribution in [-0.4, -0.2) is 14.3 Å². The summed E-state index contributed by atoms with van der Waals surface area (Å²) in [5.74, 6) is -0.986. The highest BCUT2D eigenvalue weighted by Crippen LogP contribution is 2.38. The second-order valence-electron chi connectivity index (χ2n) is 9.05. The smallest absolute Gasteiger partial charge is 0.396 e. The number of furan rings is 1. The van der Waals surface area contributed by atoms with Gasteiger partial charge in [-0.25, -0.2) is 13.2 Å². The van der Waals surface area contributed by atoms with Crippen LogP contribution in [0, 0.1) is 0 Å². The molecule has 0 spiro atoms. The molecular formula is C26H21NO6S2. The summed E-state index contributed by atoms with van der Waals surface area (Å²) in [6.07, 6.45) is 1.30. The van der Waals surface area contributed by atoms with E-state index in [1.165, 1.54) is 36.6 Å². The number of hydrogen-bond donors (Lipinski definition) is 0. The first-order valence-corrected chi connectivity index (χ1v) is 13.0. The fourth-order valence-corrected chi connectivity index (χ4v) is 6.06. The van der Waals surface area contributed by atoms with Crippen LogP contribution in [0.15, 0.2) is 91.5 Å². The number of carbonyl (C=O) groups excluding carboxylic acids is 1. The zero-order chi connectivity index (χ0) is 25.0. The highest BCUT2D eigenvalue weighted by molar-refractivity contribution is 7.93. The molecule has 0 saturated carbocycles. The Morgan fingerprint density at radius 3 is 2.26 bits per heavy atom. The van der Waals surface area contributed by atoms with Gasteiger partial charge in [0.1, 0.15) is 0 Å². The molecule has 2 aromatic heterocycles. The van der Waals surface area contributed by atoms with E-state index in [1.54, 1.807) is 36.4 Å². The van der Waals surface area contributed by atoms with Crippen molar-refractivity contribution in [3.8, 4) is 0 Å². The van der Waals surface area contributed by atoms with Gasteiger partial charge in [-0.15, -0.1) is 0 Å². The number of nitrogens with zero attached hydrogens (tertiary/aromatic N) is 1. The molecule has 2 heterocycles. The van der Waals surface area contributed by atoms with Crippen LogP contribution in [0.4, 0.5) is 5.69 Å². The Labute approximate surface area is 205 Å².